The third-order valence-corrected chi connectivity index (χ3v) is 3.32. The van der Waals surface area contributed by atoms with E-state index in [1.54, 1.807) is 4.68 Å². The smallest absolute Gasteiger partial charge is 0.0844 e. The standard InChI is InChI=1S/C10H10BrClN4/c11-9-5-8(1-2-10(9)12)16-6-7(3-4-13)14-15-16/h1-2,5-6H,3-4,13H2. The minimum atomic E-state index is 0.572. The third kappa shape index (κ3) is 2.42. The van der Waals surface area contributed by atoms with Gasteiger partial charge >= 0.3 is 0 Å². The predicted octanol–water partition coefficient (Wildman–Crippen LogP) is 2.18. The van der Waals surface area contributed by atoms with Crippen LogP contribution in [0.25, 0.3) is 5.69 Å². The van der Waals surface area contributed by atoms with Gasteiger partial charge in [-0.15, -0.1) is 5.10 Å². The fourth-order valence-corrected chi connectivity index (χ4v) is 1.80. The first kappa shape index (κ1) is 11.6. The van der Waals surface area contributed by atoms with E-state index in [1.807, 2.05) is 24.4 Å². The largest absolute Gasteiger partial charge is 0.330 e. The monoisotopic (exact) mass is 300 g/mol. The van der Waals surface area contributed by atoms with E-state index >= 15 is 0 Å². The van der Waals surface area contributed by atoms with Crippen molar-refractivity contribution in [1.29, 1.82) is 0 Å². The highest BCUT2D eigenvalue weighted by atomic mass is 79.9. The molecule has 2 aromatic rings. The number of nitrogens with zero attached hydrogens (tertiary/aromatic N) is 3. The molecule has 0 radical (unpaired) electrons. The predicted molar refractivity (Wildman–Crippen MR) is 66.8 cm³/mol. The molecule has 0 aliphatic rings. The molecule has 0 bridgehead atoms. The maximum absolute atomic E-state index is 5.91. The van der Waals surface area contributed by atoms with Gasteiger partial charge in [0.1, 0.15) is 0 Å². The zero-order valence-corrected chi connectivity index (χ0v) is 10.7. The number of nitrogens with two attached hydrogens (primary N) is 1. The van der Waals surface area contributed by atoms with Gasteiger partial charge in [0, 0.05) is 10.9 Å². The van der Waals surface area contributed by atoms with Crippen molar-refractivity contribution >= 4 is 27.5 Å². The molecule has 84 valence electrons. The maximum Gasteiger partial charge on any atom is 0.0844 e. The molecule has 4 nitrogen and oxygen atoms in total. The van der Waals surface area contributed by atoms with Crippen LogP contribution in [-0.2, 0) is 6.42 Å². The Labute approximate surface area is 107 Å². The van der Waals surface area contributed by atoms with Crippen molar-refractivity contribution in [3.8, 4) is 5.69 Å². The second-order valence-electron chi connectivity index (χ2n) is 3.29. The van der Waals surface area contributed by atoms with E-state index in [4.69, 9.17) is 17.3 Å². The van der Waals surface area contributed by atoms with E-state index in [0.29, 0.717) is 11.6 Å². The lowest BCUT2D eigenvalue weighted by Crippen LogP contribution is -2.02. The summed E-state index contributed by atoms with van der Waals surface area (Å²) in [6, 6.07) is 5.59. The summed E-state index contributed by atoms with van der Waals surface area (Å²) in [7, 11) is 0. The van der Waals surface area contributed by atoms with Crippen LogP contribution in [-0.4, -0.2) is 21.5 Å². The molecule has 2 rings (SSSR count). The molecule has 1 aromatic heterocycles. The quantitative estimate of drug-likeness (QED) is 0.945. The molecule has 0 saturated heterocycles. The molecular weight excluding hydrogens is 291 g/mol. The highest BCUT2D eigenvalue weighted by Crippen LogP contribution is 2.24. The Hall–Kier alpha value is -0.910. The van der Waals surface area contributed by atoms with E-state index in [-0.39, 0.29) is 0 Å². The summed E-state index contributed by atoms with van der Waals surface area (Å²) < 4.78 is 2.54. The average Bonchev–Trinajstić information content (AvgIpc) is 2.71. The van der Waals surface area contributed by atoms with E-state index in [1.165, 1.54) is 0 Å². The van der Waals surface area contributed by atoms with Crippen LogP contribution in [0.5, 0.6) is 0 Å². The molecule has 0 saturated carbocycles. The van der Waals surface area contributed by atoms with Gasteiger partial charge in [0.05, 0.1) is 22.6 Å². The fourth-order valence-electron chi connectivity index (χ4n) is 1.31. The number of hydrogen-bond acceptors (Lipinski definition) is 3. The van der Waals surface area contributed by atoms with Gasteiger partial charge in [0.2, 0.25) is 0 Å². The summed E-state index contributed by atoms with van der Waals surface area (Å²) in [6.07, 6.45) is 2.59. The minimum Gasteiger partial charge on any atom is -0.330 e. The van der Waals surface area contributed by atoms with Gasteiger partial charge < -0.3 is 5.73 Å². The lowest BCUT2D eigenvalue weighted by molar-refractivity contribution is 0.794. The zero-order valence-electron chi connectivity index (χ0n) is 8.40. The molecular formula is C10H10BrClN4. The second-order valence-corrected chi connectivity index (χ2v) is 4.55. The van der Waals surface area contributed by atoms with Crippen LogP contribution in [0.4, 0.5) is 0 Å². The van der Waals surface area contributed by atoms with E-state index in [9.17, 15) is 0 Å². The highest BCUT2D eigenvalue weighted by Gasteiger charge is 2.04. The van der Waals surface area contributed by atoms with Crippen molar-refractivity contribution in [2.45, 2.75) is 6.42 Å². The van der Waals surface area contributed by atoms with Crippen LogP contribution in [0.15, 0.2) is 28.9 Å². The summed E-state index contributed by atoms with van der Waals surface area (Å²) in [5, 5.41) is 8.71. The molecule has 0 amide bonds. The number of hydrogen-bond donors (Lipinski definition) is 1. The van der Waals surface area contributed by atoms with Gasteiger partial charge in [-0.05, 0) is 40.7 Å². The van der Waals surface area contributed by atoms with Gasteiger partial charge in [-0.25, -0.2) is 4.68 Å². The summed E-state index contributed by atoms with van der Waals surface area (Å²) in [5.74, 6) is 0. The van der Waals surface area contributed by atoms with Crippen LogP contribution in [0.1, 0.15) is 5.69 Å². The molecule has 0 unspecified atom stereocenters. The summed E-state index contributed by atoms with van der Waals surface area (Å²) >= 11 is 9.28. The van der Waals surface area contributed by atoms with Crippen molar-refractivity contribution in [3.63, 3.8) is 0 Å². The first-order valence-corrected chi connectivity index (χ1v) is 5.94. The lowest BCUT2D eigenvalue weighted by Gasteiger charge is -2.01. The first-order chi connectivity index (χ1) is 7.70. The molecule has 2 N–H and O–H groups in total. The highest BCUT2D eigenvalue weighted by molar-refractivity contribution is 9.10. The number of aromatic nitrogens is 3. The Morgan fingerprint density at radius 3 is 2.94 bits per heavy atom. The van der Waals surface area contributed by atoms with Gasteiger partial charge in [-0.3, -0.25) is 0 Å². The normalized spacial score (nSPS) is 10.7. The lowest BCUT2D eigenvalue weighted by atomic mass is 10.3. The second kappa shape index (κ2) is 4.95. The molecule has 0 aliphatic carbocycles. The molecule has 0 aliphatic heterocycles. The van der Waals surface area contributed by atoms with E-state index in [2.05, 4.69) is 26.2 Å². The van der Waals surface area contributed by atoms with Crippen molar-refractivity contribution in [1.82, 2.24) is 15.0 Å². The summed E-state index contributed by atoms with van der Waals surface area (Å²) in [4.78, 5) is 0. The molecule has 1 heterocycles. The molecule has 0 spiro atoms. The molecule has 16 heavy (non-hydrogen) atoms. The zero-order chi connectivity index (χ0) is 11.5. The van der Waals surface area contributed by atoms with Crippen LogP contribution in [0.3, 0.4) is 0 Å². The van der Waals surface area contributed by atoms with Gasteiger partial charge in [-0.1, -0.05) is 16.8 Å². The van der Waals surface area contributed by atoms with Gasteiger partial charge in [-0.2, -0.15) is 0 Å². The topological polar surface area (TPSA) is 56.7 Å². The fraction of sp³-hybridized carbons (Fsp3) is 0.200. The number of benzene rings is 1. The van der Waals surface area contributed by atoms with Crippen LogP contribution in [0.2, 0.25) is 5.02 Å². The van der Waals surface area contributed by atoms with Crippen LogP contribution in [0, 0.1) is 0 Å². The number of halogens is 2. The minimum absolute atomic E-state index is 0.572. The Balaban J connectivity index is 2.31. The number of rotatable bonds is 3. The SMILES string of the molecule is NCCc1cn(-c2ccc(Cl)c(Br)c2)nn1. The van der Waals surface area contributed by atoms with Crippen molar-refractivity contribution in [2.24, 2.45) is 5.73 Å². The van der Waals surface area contributed by atoms with E-state index < -0.39 is 0 Å². The van der Waals surface area contributed by atoms with Crippen molar-refractivity contribution < 1.29 is 0 Å². The first-order valence-electron chi connectivity index (χ1n) is 4.77. The Morgan fingerprint density at radius 1 is 1.44 bits per heavy atom. The molecule has 0 atom stereocenters. The molecule has 0 fully saturated rings. The molecule has 1 aromatic carbocycles. The Bertz CT molecular complexity index is 497. The molecule has 6 heteroatoms. The maximum atomic E-state index is 5.91. The summed E-state index contributed by atoms with van der Waals surface area (Å²) in [6.45, 7) is 0.572. The Morgan fingerprint density at radius 2 is 2.25 bits per heavy atom. The van der Waals surface area contributed by atoms with Crippen molar-refractivity contribution in [2.75, 3.05) is 6.54 Å². The van der Waals surface area contributed by atoms with Crippen molar-refractivity contribution in [3.05, 3.63) is 39.6 Å². The third-order valence-electron chi connectivity index (χ3n) is 2.11. The summed E-state index contributed by atoms with van der Waals surface area (Å²) in [5.41, 5.74) is 7.24. The van der Waals surface area contributed by atoms with E-state index in [0.717, 1.165) is 22.3 Å². The van der Waals surface area contributed by atoms with Gasteiger partial charge in [0.15, 0.2) is 0 Å². The van der Waals surface area contributed by atoms with Crippen LogP contribution >= 0.6 is 27.5 Å². The average molecular weight is 302 g/mol. The van der Waals surface area contributed by atoms with Crippen LogP contribution < -0.4 is 5.73 Å². The Kier molecular flexibility index (Phi) is 3.58. The van der Waals surface area contributed by atoms with Gasteiger partial charge in [0.25, 0.3) is 0 Å².